The number of methoxy groups -OCH3 is 1. The Hall–Kier alpha value is -2.19. The van der Waals surface area contributed by atoms with Gasteiger partial charge in [0.2, 0.25) is 4.77 Å². The van der Waals surface area contributed by atoms with Crippen LogP contribution >= 0.6 is 12.2 Å². The number of likely N-dealkylation sites (tertiary alicyclic amines) is 1. The van der Waals surface area contributed by atoms with E-state index in [2.05, 4.69) is 18.4 Å². The lowest BCUT2D eigenvalue weighted by Gasteiger charge is -2.28. The molecule has 1 N–H and O–H groups in total. The zero-order chi connectivity index (χ0) is 21.0. The number of carbonyl (C=O) groups is 1. The fraction of sp³-hybridized carbons (Fsp3) is 0.571. The van der Waals surface area contributed by atoms with Crippen molar-refractivity contribution in [2.75, 3.05) is 26.8 Å². The second kappa shape index (κ2) is 9.54. The molecule has 7 nitrogen and oxygen atoms in total. The summed E-state index contributed by atoms with van der Waals surface area (Å²) in [4.78, 5) is 13.5. The van der Waals surface area contributed by atoms with Gasteiger partial charge in [0, 0.05) is 11.6 Å². The number of carbonyl (C=O) groups excluding carboxylic acids is 1. The summed E-state index contributed by atoms with van der Waals surface area (Å²) >= 11 is 5.76. The minimum Gasteiger partial charge on any atom is -0.497 e. The summed E-state index contributed by atoms with van der Waals surface area (Å²) in [7, 11) is 1.66. The predicted octanol–water partition coefficient (Wildman–Crippen LogP) is 2.49. The number of nitrogens with zero attached hydrogens (tertiary/aromatic N) is 3. The second-order valence-corrected chi connectivity index (χ2v) is 8.12. The molecule has 1 unspecified atom stereocenters. The van der Waals surface area contributed by atoms with Crippen LogP contribution in [0.3, 0.4) is 0 Å². The summed E-state index contributed by atoms with van der Waals surface area (Å²) in [6.07, 6.45) is 1.90. The third-order valence-electron chi connectivity index (χ3n) is 5.35. The van der Waals surface area contributed by atoms with Crippen LogP contribution in [0.4, 0.5) is 0 Å². The minimum absolute atomic E-state index is 0.0406. The van der Waals surface area contributed by atoms with E-state index >= 15 is 0 Å². The van der Waals surface area contributed by atoms with Crippen LogP contribution in [0.15, 0.2) is 24.3 Å². The molecule has 0 aliphatic carbocycles. The highest BCUT2D eigenvalue weighted by Gasteiger charge is 2.30. The van der Waals surface area contributed by atoms with Gasteiger partial charge in [-0.1, -0.05) is 0 Å². The van der Waals surface area contributed by atoms with Gasteiger partial charge in [-0.15, -0.1) is 5.10 Å². The fourth-order valence-electron chi connectivity index (χ4n) is 3.89. The van der Waals surface area contributed by atoms with E-state index in [0.717, 1.165) is 43.1 Å². The molecule has 3 rings (SSSR count). The molecular weight excluding hydrogens is 388 g/mol. The van der Waals surface area contributed by atoms with Crippen molar-refractivity contribution in [2.24, 2.45) is 5.92 Å². The first-order valence-electron chi connectivity index (χ1n) is 10.3. The first-order chi connectivity index (χ1) is 13.9. The lowest BCUT2D eigenvalue weighted by molar-refractivity contribution is -0.930. The van der Waals surface area contributed by atoms with E-state index in [9.17, 15) is 4.79 Å². The van der Waals surface area contributed by atoms with Crippen molar-refractivity contribution in [3.05, 3.63) is 29.0 Å². The first kappa shape index (κ1) is 21.5. The second-order valence-electron chi connectivity index (χ2n) is 7.75. The van der Waals surface area contributed by atoms with E-state index in [1.165, 1.54) is 4.90 Å². The van der Waals surface area contributed by atoms with Gasteiger partial charge < -0.3 is 14.4 Å². The Morgan fingerprint density at radius 3 is 2.69 bits per heavy atom. The van der Waals surface area contributed by atoms with Crippen LogP contribution in [-0.2, 0) is 16.2 Å². The number of ether oxygens (including phenoxy) is 2. The van der Waals surface area contributed by atoms with Crippen molar-refractivity contribution in [2.45, 2.75) is 46.3 Å². The lowest BCUT2D eigenvalue weighted by Crippen LogP contribution is -3.13. The van der Waals surface area contributed by atoms with Crippen LogP contribution in [0.5, 0.6) is 5.75 Å². The van der Waals surface area contributed by atoms with E-state index < -0.39 is 0 Å². The molecule has 0 amide bonds. The molecule has 8 heteroatoms. The molecular formula is C21H31N4O3S+. The van der Waals surface area contributed by atoms with E-state index in [1.807, 2.05) is 35.9 Å². The zero-order valence-electron chi connectivity index (χ0n) is 17.7. The number of piperidine rings is 1. The molecule has 29 heavy (non-hydrogen) atoms. The molecule has 1 aromatic carbocycles. The summed E-state index contributed by atoms with van der Waals surface area (Å²) in [5.74, 6) is 1.54. The molecule has 0 spiro atoms. The molecule has 1 fully saturated rings. The molecule has 0 bridgehead atoms. The maximum atomic E-state index is 12.2. The fourth-order valence-corrected chi connectivity index (χ4v) is 4.30. The quantitative estimate of drug-likeness (QED) is 0.552. The number of aromatic nitrogens is 3. The Labute approximate surface area is 177 Å². The van der Waals surface area contributed by atoms with Gasteiger partial charge in [0.1, 0.15) is 11.7 Å². The third-order valence-corrected chi connectivity index (χ3v) is 5.75. The number of benzene rings is 1. The van der Waals surface area contributed by atoms with Crippen LogP contribution in [-0.4, -0.2) is 47.1 Å². The summed E-state index contributed by atoms with van der Waals surface area (Å²) < 4.78 is 15.2. The standard InChI is InChI=1S/C21H30N4O3S/c1-5-28-20(26)17-7-6-12-23(13-17)14-24-21(29)25(15(2)3)19(22-24)16-8-10-18(27-4)11-9-16/h8-11,15,17H,5-7,12-14H2,1-4H3/p+1/t17-/m0/s1. The molecule has 2 heterocycles. The number of quaternary nitrogens is 1. The van der Waals surface area contributed by atoms with Gasteiger partial charge in [-0.25, -0.2) is 0 Å². The van der Waals surface area contributed by atoms with Gasteiger partial charge in [0.25, 0.3) is 0 Å². The van der Waals surface area contributed by atoms with E-state index in [1.54, 1.807) is 7.11 Å². The molecule has 0 radical (unpaired) electrons. The number of rotatable bonds is 7. The van der Waals surface area contributed by atoms with Crippen LogP contribution in [0.2, 0.25) is 0 Å². The maximum Gasteiger partial charge on any atom is 0.314 e. The van der Waals surface area contributed by atoms with Crippen molar-refractivity contribution < 1.29 is 19.2 Å². The molecule has 2 aromatic rings. The van der Waals surface area contributed by atoms with Crippen molar-refractivity contribution >= 4 is 18.2 Å². The molecule has 158 valence electrons. The average Bonchev–Trinajstić information content (AvgIpc) is 3.04. The maximum absolute atomic E-state index is 12.2. The van der Waals surface area contributed by atoms with Crippen LogP contribution in [0.25, 0.3) is 11.4 Å². The topological polar surface area (TPSA) is 62.7 Å². The normalized spacial score (nSPS) is 19.3. The van der Waals surface area contributed by atoms with E-state index in [-0.39, 0.29) is 17.9 Å². The van der Waals surface area contributed by atoms with Crippen LogP contribution in [0.1, 0.15) is 39.7 Å². The molecule has 1 aliphatic heterocycles. The lowest BCUT2D eigenvalue weighted by atomic mass is 9.99. The van der Waals surface area contributed by atoms with Gasteiger partial charge in [0.05, 0.1) is 26.8 Å². The SMILES string of the molecule is CCOC(=O)[C@H]1CCC[NH+](Cn2nc(-c3ccc(OC)cc3)n(C(C)C)c2=S)C1. The highest BCUT2D eigenvalue weighted by molar-refractivity contribution is 7.71. The van der Waals surface area contributed by atoms with Crippen molar-refractivity contribution in [1.82, 2.24) is 14.3 Å². The van der Waals surface area contributed by atoms with Gasteiger partial charge in [0.15, 0.2) is 12.5 Å². The molecule has 1 saturated heterocycles. The number of hydrogen-bond donors (Lipinski definition) is 1. The Balaban J connectivity index is 1.84. The summed E-state index contributed by atoms with van der Waals surface area (Å²) in [5.41, 5.74) is 1.00. The van der Waals surface area contributed by atoms with Gasteiger partial charge in [-0.3, -0.25) is 9.36 Å². The first-order valence-corrected chi connectivity index (χ1v) is 10.7. The highest BCUT2D eigenvalue weighted by atomic mass is 32.1. The summed E-state index contributed by atoms with van der Waals surface area (Å²) in [6, 6.07) is 8.06. The average molecular weight is 420 g/mol. The molecule has 2 atom stereocenters. The largest absolute Gasteiger partial charge is 0.497 e. The van der Waals surface area contributed by atoms with Gasteiger partial charge in [-0.2, -0.15) is 4.68 Å². The Morgan fingerprint density at radius 2 is 2.07 bits per heavy atom. The molecule has 1 aromatic heterocycles. The highest BCUT2D eigenvalue weighted by Crippen LogP contribution is 2.24. The minimum atomic E-state index is -0.0834. The van der Waals surface area contributed by atoms with Crippen LogP contribution in [0, 0.1) is 10.7 Å². The van der Waals surface area contributed by atoms with Crippen LogP contribution < -0.4 is 9.64 Å². The number of hydrogen-bond acceptors (Lipinski definition) is 5. The van der Waals surface area contributed by atoms with Gasteiger partial charge in [-0.05, 0) is 70.1 Å². The van der Waals surface area contributed by atoms with Crippen molar-refractivity contribution in [3.63, 3.8) is 0 Å². The van der Waals surface area contributed by atoms with Crippen molar-refractivity contribution in [3.8, 4) is 17.1 Å². The zero-order valence-corrected chi connectivity index (χ0v) is 18.5. The molecule has 0 saturated carbocycles. The van der Waals surface area contributed by atoms with Gasteiger partial charge >= 0.3 is 5.97 Å². The Morgan fingerprint density at radius 1 is 1.34 bits per heavy atom. The Bertz CT molecular complexity index is 888. The monoisotopic (exact) mass is 419 g/mol. The number of nitrogens with one attached hydrogen (secondary N) is 1. The van der Waals surface area contributed by atoms with Crippen molar-refractivity contribution in [1.29, 1.82) is 0 Å². The van der Waals surface area contributed by atoms with E-state index in [4.69, 9.17) is 26.8 Å². The molecule has 1 aliphatic rings. The smallest absolute Gasteiger partial charge is 0.314 e. The Kier molecular flexibility index (Phi) is 7.08. The third kappa shape index (κ3) is 4.87. The summed E-state index contributed by atoms with van der Waals surface area (Å²) in [5, 5.41) is 4.85. The predicted molar refractivity (Wildman–Crippen MR) is 113 cm³/mol. The van der Waals surface area contributed by atoms with E-state index in [0.29, 0.717) is 18.0 Å². The summed E-state index contributed by atoms with van der Waals surface area (Å²) in [6.45, 7) is 8.91. The number of esters is 1.